The summed E-state index contributed by atoms with van der Waals surface area (Å²) in [6, 6.07) is 0. The van der Waals surface area contributed by atoms with Gasteiger partial charge in [-0.15, -0.1) is 0 Å². The number of Topliss-reactive ketones (excluding diaryl/α,β-unsaturated/α-hetero) is 1. The predicted molar refractivity (Wildman–Crippen MR) is 77.3 cm³/mol. The lowest BCUT2D eigenvalue weighted by atomic mass is 10.1. The van der Waals surface area contributed by atoms with Gasteiger partial charge in [0.15, 0.2) is 0 Å². The number of allylic oxidation sites excluding steroid dienone is 1. The van der Waals surface area contributed by atoms with Gasteiger partial charge in [0.2, 0.25) is 0 Å². The van der Waals surface area contributed by atoms with Gasteiger partial charge in [0, 0.05) is 37.2 Å². The minimum absolute atomic E-state index is 0.116. The number of aliphatic imine (C=N–C) groups is 1. The second-order valence-corrected chi connectivity index (χ2v) is 4.81. The van der Waals surface area contributed by atoms with Crippen molar-refractivity contribution in [2.45, 2.75) is 40.5 Å². The molecule has 0 rings (SSSR count). The number of rotatable bonds is 6. The number of carbonyl (C=O) groups is 1. The lowest BCUT2D eigenvalue weighted by Crippen LogP contribution is -2.06. The second-order valence-electron chi connectivity index (χ2n) is 4.81. The zero-order chi connectivity index (χ0) is 14.0. The molecule has 3 heteroatoms. The summed E-state index contributed by atoms with van der Waals surface area (Å²) < 4.78 is 0. The molecule has 0 bridgehead atoms. The highest BCUT2D eigenvalue weighted by Gasteiger charge is 2.05. The normalized spacial score (nSPS) is 12.0. The van der Waals surface area contributed by atoms with Crippen molar-refractivity contribution in [3.8, 4) is 11.8 Å². The van der Waals surface area contributed by atoms with Gasteiger partial charge in [-0.05, 0) is 6.42 Å². The molecule has 0 aliphatic rings. The first-order valence-electron chi connectivity index (χ1n) is 6.43. The summed E-state index contributed by atoms with van der Waals surface area (Å²) in [5.74, 6) is 6.71. The van der Waals surface area contributed by atoms with Gasteiger partial charge in [0.05, 0.1) is 5.57 Å². The molecule has 18 heavy (non-hydrogen) atoms. The summed E-state index contributed by atoms with van der Waals surface area (Å²) in [4.78, 5) is 15.6. The molecule has 0 aromatic carbocycles. The van der Waals surface area contributed by atoms with Gasteiger partial charge < -0.3 is 5.73 Å². The van der Waals surface area contributed by atoms with Crippen LogP contribution < -0.4 is 5.73 Å². The Balaban J connectivity index is 4.03. The largest absolute Gasteiger partial charge is 0.404 e. The minimum Gasteiger partial charge on any atom is -0.404 e. The molecule has 0 spiro atoms. The predicted octanol–water partition coefficient (Wildman–Crippen LogP) is 2.56. The molecule has 3 nitrogen and oxygen atoms in total. The van der Waals surface area contributed by atoms with Crippen molar-refractivity contribution in [1.29, 1.82) is 0 Å². The second kappa shape index (κ2) is 9.47. The molecule has 0 unspecified atom stereocenters. The number of ketones is 1. The fourth-order valence-corrected chi connectivity index (χ4v) is 1.14. The zero-order valence-electron chi connectivity index (χ0n) is 11.9. The molecule has 0 aromatic heterocycles. The van der Waals surface area contributed by atoms with E-state index in [-0.39, 0.29) is 5.92 Å². The Morgan fingerprint density at radius 3 is 2.50 bits per heavy atom. The molecule has 0 radical (unpaired) electrons. The summed E-state index contributed by atoms with van der Waals surface area (Å²) in [5.41, 5.74) is 6.17. The van der Waals surface area contributed by atoms with Crippen molar-refractivity contribution < 1.29 is 4.79 Å². The Bertz CT molecular complexity index is 368. The van der Waals surface area contributed by atoms with E-state index < -0.39 is 0 Å². The van der Waals surface area contributed by atoms with Crippen LogP contribution in [0.25, 0.3) is 0 Å². The molecule has 0 fully saturated rings. The van der Waals surface area contributed by atoms with Crippen LogP contribution in [0.3, 0.4) is 0 Å². The van der Waals surface area contributed by atoms with Crippen molar-refractivity contribution in [3.05, 3.63) is 11.8 Å². The lowest BCUT2D eigenvalue weighted by molar-refractivity contribution is -0.121. The molecule has 0 amide bonds. The molecule has 2 N–H and O–H groups in total. The van der Waals surface area contributed by atoms with Gasteiger partial charge in [-0.3, -0.25) is 9.79 Å². The third kappa shape index (κ3) is 8.58. The average Bonchev–Trinajstić information content (AvgIpc) is 2.31. The summed E-state index contributed by atoms with van der Waals surface area (Å²) in [6.45, 7) is 8.52. The first-order valence-corrected chi connectivity index (χ1v) is 6.43. The number of nitrogens with zero attached hydrogens (tertiary/aromatic N) is 1. The van der Waals surface area contributed by atoms with Crippen molar-refractivity contribution in [2.24, 2.45) is 22.6 Å². The van der Waals surface area contributed by atoms with E-state index >= 15 is 0 Å². The first-order chi connectivity index (χ1) is 8.47. The average molecular weight is 248 g/mol. The first kappa shape index (κ1) is 16.4. The Morgan fingerprint density at radius 1 is 1.33 bits per heavy atom. The number of carbonyl (C=O) groups excluding carboxylic acids is 1. The maximum Gasteiger partial charge on any atom is 0.135 e. The highest BCUT2D eigenvalue weighted by molar-refractivity contribution is 5.84. The van der Waals surface area contributed by atoms with Crippen LogP contribution in [0, 0.1) is 23.7 Å². The van der Waals surface area contributed by atoms with Gasteiger partial charge in [-0.1, -0.05) is 39.5 Å². The van der Waals surface area contributed by atoms with E-state index in [0.717, 1.165) is 12.0 Å². The van der Waals surface area contributed by atoms with Gasteiger partial charge in [-0.25, -0.2) is 0 Å². The van der Waals surface area contributed by atoms with Crippen LogP contribution in [0.1, 0.15) is 40.5 Å². The van der Waals surface area contributed by atoms with Crippen LogP contribution in [-0.2, 0) is 4.79 Å². The molecule has 0 saturated carbocycles. The van der Waals surface area contributed by atoms with Crippen molar-refractivity contribution in [2.75, 3.05) is 6.54 Å². The Kier molecular flexibility index (Phi) is 8.65. The van der Waals surface area contributed by atoms with Crippen LogP contribution in [0.2, 0.25) is 0 Å². The smallest absolute Gasteiger partial charge is 0.135 e. The van der Waals surface area contributed by atoms with Crippen molar-refractivity contribution >= 4 is 12.0 Å². The molecule has 0 heterocycles. The Hall–Kier alpha value is -1.56. The molecule has 0 aliphatic carbocycles. The molecular weight excluding hydrogens is 224 g/mol. The highest BCUT2D eigenvalue weighted by Crippen LogP contribution is 2.01. The third-order valence-electron chi connectivity index (χ3n) is 2.27. The van der Waals surface area contributed by atoms with E-state index in [1.165, 1.54) is 6.20 Å². The molecule has 100 valence electrons. The lowest BCUT2D eigenvalue weighted by Gasteiger charge is -2.01. The van der Waals surface area contributed by atoms with Gasteiger partial charge in [-0.2, -0.15) is 0 Å². The van der Waals surface area contributed by atoms with Crippen molar-refractivity contribution in [3.63, 3.8) is 0 Å². The van der Waals surface area contributed by atoms with Crippen LogP contribution >= 0.6 is 0 Å². The van der Waals surface area contributed by atoms with Gasteiger partial charge >= 0.3 is 0 Å². The standard InChI is InChI=1S/C15H24N2O/c1-12(2)7-8-14(10-16)11-17-9-5-6-15(18)13(3)4/h10-13H,5-6,9,16H2,1-4H3. The minimum atomic E-state index is 0.116. The third-order valence-corrected chi connectivity index (χ3v) is 2.27. The van der Waals surface area contributed by atoms with Crippen LogP contribution in [-0.4, -0.2) is 18.5 Å². The zero-order valence-corrected chi connectivity index (χ0v) is 11.9. The van der Waals surface area contributed by atoms with Gasteiger partial charge in [0.1, 0.15) is 5.78 Å². The number of nitrogens with two attached hydrogens (primary N) is 1. The van der Waals surface area contributed by atoms with E-state index in [0.29, 0.717) is 24.7 Å². The van der Waals surface area contributed by atoms with E-state index in [4.69, 9.17) is 5.73 Å². The summed E-state index contributed by atoms with van der Waals surface area (Å²) in [6.07, 6.45) is 4.50. The van der Waals surface area contributed by atoms with E-state index in [1.54, 1.807) is 6.21 Å². The Morgan fingerprint density at radius 2 is 2.00 bits per heavy atom. The maximum absolute atomic E-state index is 11.4. The molecule has 0 aromatic rings. The molecule has 0 atom stereocenters. The van der Waals surface area contributed by atoms with Crippen LogP contribution in [0.15, 0.2) is 16.8 Å². The molecule has 0 saturated heterocycles. The van der Waals surface area contributed by atoms with E-state index in [9.17, 15) is 4.79 Å². The monoisotopic (exact) mass is 248 g/mol. The topological polar surface area (TPSA) is 55.5 Å². The summed E-state index contributed by atoms with van der Waals surface area (Å²) in [5, 5.41) is 0. The number of hydrogen-bond donors (Lipinski definition) is 1. The SMILES string of the molecule is CC(C)C#CC(C=NCCCC(=O)C(C)C)=CN. The summed E-state index contributed by atoms with van der Waals surface area (Å²) in [7, 11) is 0. The maximum atomic E-state index is 11.4. The molecular formula is C15H24N2O. The van der Waals surface area contributed by atoms with Crippen LogP contribution in [0.5, 0.6) is 0 Å². The van der Waals surface area contributed by atoms with Crippen LogP contribution in [0.4, 0.5) is 0 Å². The molecule has 0 aliphatic heterocycles. The fraction of sp³-hybridized carbons (Fsp3) is 0.600. The fourth-order valence-electron chi connectivity index (χ4n) is 1.14. The highest BCUT2D eigenvalue weighted by atomic mass is 16.1. The number of hydrogen-bond acceptors (Lipinski definition) is 3. The quantitative estimate of drug-likeness (QED) is 0.446. The van der Waals surface area contributed by atoms with E-state index in [1.807, 2.05) is 27.7 Å². The van der Waals surface area contributed by atoms with Crippen molar-refractivity contribution in [1.82, 2.24) is 0 Å². The summed E-state index contributed by atoms with van der Waals surface area (Å²) >= 11 is 0. The Labute approximate surface area is 111 Å². The van der Waals surface area contributed by atoms with Gasteiger partial charge in [0.25, 0.3) is 0 Å². The van der Waals surface area contributed by atoms with E-state index in [2.05, 4.69) is 16.8 Å².